The molecule has 6 atom stereocenters. The van der Waals surface area contributed by atoms with Crippen LogP contribution in [0.15, 0.2) is 66.2 Å². The van der Waals surface area contributed by atoms with Crippen LogP contribution in [-0.2, 0) is 19.2 Å². The Morgan fingerprint density at radius 3 is 2.00 bits per heavy atom. The maximum absolute atomic E-state index is 15.3. The number of carbonyl (C=O) groups excluding carboxylic acids is 4. The van der Waals surface area contributed by atoms with E-state index in [9.17, 15) is 52.5 Å². The van der Waals surface area contributed by atoms with Crippen molar-refractivity contribution in [3.63, 3.8) is 0 Å². The quantitative estimate of drug-likeness (QED) is 0.0536. The number of carboxylic acid groups (broad SMARTS) is 1. The van der Waals surface area contributed by atoms with Crippen LogP contribution < -0.4 is 9.80 Å². The summed E-state index contributed by atoms with van der Waals surface area (Å²) in [6, 6.07) is 11.8. The van der Waals surface area contributed by atoms with Gasteiger partial charge in [-0.3, -0.25) is 19.2 Å². The Hall–Kier alpha value is -5.54. The summed E-state index contributed by atoms with van der Waals surface area (Å²) in [5.41, 5.74) is -2.30. The number of alkyl halides is 2. The van der Waals surface area contributed by atoms with E-state index in [1.165, 1.54) is 30.3 Å². The predicted molar refractivity (Wildman–Crippen MR) is 180 cm³/mol. The van der Waals surface area contributed by atoms with Crippen molar-refractivity contribution in [3.8, 4) is 11.5 Å². The number of imide groups is 2. The highest BCUT2D eigenvalue weighted by Crippen LogP contribution is 2.66. The molecular weight excluding hydrogens is 766 g/mol. The molecule has 2 aliphatic carbocycles. The second-order valence-corrected chi connectivity index (χ2v) is 14.7. The zero-order valence-electron chi connectivity index (χ0n) is 26.9. The first-order chi connectivity index (χ1) is 25.5. The summed E-state index contributed by atoms with van der Waals surface area (Å²) >= 11 is 14.4. The van der Waals surface area contributed by atoms with Crippen LogP contribution in [0.5, 0.6) is 11.5 Å². The molecule has 4 aromatic rings. The van der Waals surface area contributed by atoms with Crippen molar-refractivity contribution < 1.29 is 61.2 Å². The van der Waals surface area contributed by atoms with E-state index >= 15 is 8.78 Å². The van der Waals surface area contributed by atoms with Gasteiger partial charge in [-0.2, -0.15) is 0 Å². The molecule has 0 unspecified atom stereocenters. The Balaban J connectivity index is 1.34. The smallest absolute Gasteiger partial charge is 0.339 e. The zero-order valence-corrected chi connectivity index (χ0v) is 28.4. The predicted octanol–water partition coefficient (Wildman–Crippen LogP) is 6.41. The summed E-state index contributed by atoms with van der Waals surface area (Å²) in [6.07, 6.45) is 0.607. The van der Waals surface area contributed by atoms with Gasteiger partial charge < -0.3 is 15.3 Å². The van der Waals surface area contributed by atoms with E-state index in [1.807, 2.05) is 0 Å². The van der Waals surface area contributed by atoms with Gasteiger partial charge in [-0.1, -0.05) is 42.0 Å². The molecule has 4 amide bonds. The van der Waals surface area contributed by atoms with E-state index in [0.29, 0.717) is 0 Å². The fraction of sp³-hybridized carbons (Fsp3) is 0.216. The van der Waals surface area contributed by atoms with Crippen molar-refractivity contribution in [2.45, 2.75) is 28.5 Å². The van der Waals surface area contributed by atoms with Crippen LogP contribution in [0.3, 0.4) is 0 Å². The fourth-order valence-corrected chi connectivity index (χ4v) is 9.49. The summed E-state index contributed by atoms with van der Waals surface area (Å²) in [7, 11) is 0. The molecule has 0 bridgehead atoms. The molecule has 4 aromatic carbocycles. The van der Waals surface area contributed by atoms with E-state index in [-0.39, 0.29) is 44.7 Å². The monoisotopic (exact) mass is 786 g/mol. The first-order valence-corrected chi connectivity index (χ1v) is 16.9. The molecule has 54 heavy (non-hydrogen) atoms. The normalized spacial score (nSPS) is 27.6. The van der Waals surface area contributed by atoms with Crippen LogP contribution in [0, 0.1) is 46.8 Å². The van der Waals surface area contributed by atoms with Crippen LogP contribution in [-0.4, -0.2) is 54.7 Å². The summed E-state index contributed by atoms with van der Waals surface area (Å²) in [6.45, 7) is 0. The highest BCUT2D eigenvalue weighted by Gasteiger charge is 2.77. The van der Waals surface area contributed by atoms with Crippen LogP contribution in [0.4, 0.5) is 33.3 Å². The van der Waals surface area contributed by atoms with Crippen LogP contribution >= 0.6 is 23.2 Å². The minimum Gasteiger partial charge on any atom is -0.507 e. The number of hydrogen-bond donors (Lipinski definition) is 3. The van der Waals surface area contributed by atoms with Crippen molar-refractivity contribution in [3.05, 3.63) is 106 Å². The van der Waals surface area contributed by atoms with Crippen molar-refractivity contribution in [1.29, 1.82) is 0 Å². The topological polar surface area (TPSA) is 153 Å². The molecule has 2 heterocycles. The molecule has 1 saturated carbocycles. The van der Waals surface area contributed by atoms with E-state index < -0.39 is 116 Å². The fourth-order valence-electron chi connectivity index (χ4n) is 8.56. The number of halogens is 7. The van der Waals surface area contributed by atoms with Gasteiger partial charge in [-0.25, -0.2) is 36.5 Å². The van der Waals surface area contributed by atoms with Crippen molar-refractivity contribution in [2.24, 2.45) is 17.8 Å². The van der Waals surface area contributed by atoms with Crippen molar-refractivity contribution in [2.75, 3.05) is 9.80 Å². The average Bonchev–Trinajstić information content (AvgIpc) is 3.48. The number of benzene rings is 4. The lowest BCUT2D eigenvalue weighted by molar-refractivity contribution is -0.125. The first-order valence-electron chi connectivity index (χ1n) is 16.1. The van der Waals surface area contributed by atoms with Gasteiger partial charge in [0.05, 0.1) is 17.5 Å². The molecule has 276 valence electrons. The van der Waals surface area contributed by atoms with E-state index in [0.717, 1.165) is 23.1 Å². The van der Waals surface area contributed by atoms with Gasteiger partial charge in [0.15, 0.2) is 33.0 Å². The number of carbonyl (C=O) groups is 5. The Bertz CT molecular complexity index is 2470. The van der Waals surface area contributed by atoms with Crippen LogP contribution in [0.1, 0.15) is 34.7 Å². The number of aromatic carboxylic acids is 1. The minimum atomic E-state index is -2.77. The van der Waals surface area contributed by atoms with Crippen LogP contribution in [0.2, 0.25) is 0 Å². The third-order valence-corrected chi connectivity index (χ3v) is 12.4. The third-order valence-electron chi connectivity index (χ3n) is 10.9. The molecular formula is C37H21Cl2F5N2O8. The number of rotatable bonds is 4. The van der Waals surface area contributed by atoms with E-state index in [1.54, 1.807) is 12.1 Å². The van der Waals surface area contributed by atoms with Crippen molar-refractivity contribution in [1.82, 2.24) is 0 Å². The summed E-state index contributed by atoms with van der Waals surface area (Å²) in [5, 5.41) is 30.9. The number of anilines is 2. The van der Waals surface area contributed by atoms with Gasteiger partial charge in [0, 0.05) is 17.4 Å². The maximum Gasteiger partial charge on any atom is 0.339 e. The molecule has 2 aliphatic heterocycles. The molecule has 0 radical (unpaired) electrons. The number of amides is 4. The minimum absolute atomic E-state index is 0.126. The van der Waals surface area contributed by atoms with Crippen molar-refractivity contribution >= 4 is 74.9 Å². The number of hydrogen-bond acceptors (Lipinski definition) is 7. The Morgan fingerprint density at radius 2 is 1.37 bits per heavy atom. The second-order valence-electron chi connectivity index (χ2n) is 13.4. The molecule has 17 heteroatoms. The average molecular weight is 787 g/mol. The lowest BCUT2D eigenvalue weighted by Gasteiger charge is -2.51. The third kappa shape index (κ3) is 4.36. The molecule has 4 aliphatic rings. The molecule has 10 nitrogen and oxygen atoms in total. The number of nitrogens with zero attached hydrogens (tertiary/aromatic N) is 2. The SMILES string of the molecule is O=C(O)c1ccc(N2C(=O)[C@H]3[C@H](CC=C4[C@H]3C[C@@]3(Cl)C(=O)N(c5c(F)c(F)c(F)c(F)c5F)C(=O)[C@@]3(Cl)[C@H]4c3ccc(O)c4ccccc34)C2=O)cc1O. The van der Waals surface area contributed by atoms with Gasteiger partial charge in [0.2, 0.25) is 17.6 Å². The number of carboxylic acids is 1. The largest absolute Gasteiger partial charge is 0.507 e. The number of fused-ring (bicyclic) bond motifs is 5. The van der Waals surface area contributed by atoms with Gasteiger partial charge in [0.25, 0.3) is 11.8 Å². The molecule has 8 rings (SSSR count). The van der Waals surface area contributed by atoms with E-state index in [4.69, 9.17) is 23.2 Å². The molecule has 2 saturated heterocycles. The van der Waals surface area contributed by atoms with Gasteiger partial charge >= 0.3 is 5.97 Å². The summed E-state index contributed by atoms with van der Waals surface area (Å²) < 4.78 is 73.9. The highest BCUT2D eigenvalue weighted by molar-refractivity contribution is 6.58. The van der Waals surface area contributed by atoms with Gasteiger partial charge in [-0.15, -0.1) is 23.2 Å². The molecule has 0 aromatic heterocycles. The number of phenolic OH excluding ortho intramolecular Hbond substituents is 1. The Labute approximate surface area is 309 Å². The molecule has 0 spiro atoms. The first kappa shape index (κ1) is 35.5. The molecule has 3 N–H and O–H groups in total. The Kier molecular flexibility index (Phi) is 7.71. The standard InChI is InChI=1S/C37H21Cl2F5N2O8/c38-36-12-20-17(7-8-19-23(20)32(50)45(31(19)49)13-5-6-18(33(51)52)22(48)11-13)24(16-9-10-21(47)15-4-2-1-3-14(15)16)37(36,39)35(54)46(34(36)53)30-28(43)26(41)25(40)27(42)29(30)44/h1-7,9-11,19-20,23-24,47-48H,8,12H2,(H,51,52)/t19-,20+,23-,24-,36+,37-/m0/s1. The van der Waals surface area contributed by atoms with Crippen LogP contribution in [0.25, 0.3) is 10.8 Å². The Morgan fingerprint density at radius 1 is 0.741 bits per heavy atom. The van der Waals surface area contributed by atoms with E-state index in [2.05, 4.69) is 0 Å². The maximum atomic E-state index is 15.3. The zero-order chi connectivity index (χ0) is 38.9. The lowest BCUT2D eigenvalue weighted by atomic mass is 9.56. The second kappa shape index (κ2) is 11.7. The summed E-state index contributed by atoms with van der Waals surface area (Å²) in [5.74, 6) is -25.2. The molecule has 3 fully saturated rings. The number of aromatic hydroxyl groups is 2. The van der Waals surface area contributed by atoms with Gasteiger partial charge in [-0.05, 0) is 47.9 Å². The lowest BCUT2D eigenvalue weighted by Crippen LogP contribution is -2.60. The summed E-state index contributed by atoms with van der Waals surface area (Å²) in [4.78, 5) is 63.6. The van der Waals surface area contributed by atoms with Gasteiger partial charge in [0.1, 0.15) is 22.7 Å². The number of phenols is 2. The number of allylic oxidation sites excluding steroid dienone is 2. The highest BCUT2D eigenvalue weighted by atomic mass is 35.5.